The summed E-state index contributed by atoms with van der Waals surface area (Å²) in [6.07, 6.45) is 3.08. The first-order valence-corrected chi connectivity index (χ1v) is 6.99. The molecule has 2 nitrogen and oxygen atoms in total. The van der Waals surface area contributed by atoms with E-state index in [-0.39, 0.29) is 6.10 Å². The van der Waals surface area contributed by atoms with Crippen molar-refractivity contribution in [2.45, 2.75) is 59.1 Å². The van der Waals surface area contributed by atoms with Gasteiger partial charge in [0.25, 0.3) is 0 Å². The second kappa shape index (κ2) is 5.41. The quantitative estimate of drug-likeness (QED) is 0.838. The van der Waals surface area contributed by atoms with Gasteiger partial charge in [0.15, 0.2) is 0 Å². The predicted molar refractivity (Wildman–Crippen MR) is 76.0 cm³/mol. The van der Waals surface area contributed by atoms with Crippen LogP contribution in [0.15, 0.2) is 6.07 Å². The molecule has 1 saturated carbocycles. The summed E-state index contributed by atoms with van der Waals surface area (Å²) in [6.45, 7) is 9.40. The topological polar surface area (TPSA) is 32.3 Å². The molecule has 1 unspecified atom stereocenters. The monoisotopic (exact) mass is 247 g/mol. The van der Waals surface area contributed by atoms with Gasteiger partial charge in [0.1, 0.15) is 0 Å². The minimum Gasteiger partial charge on any atom is -0.388 e. The lowest BCUT2D eigenvalue weighted by Gasteiger charge is -2.20. The van der Waals surface area contributed by atoms with E-state index in [1.165, 1.54) is 35.1 Å². The van der Waals surface area contributed by atoms with Gasteiger partial charge < -0.3 is 10.4 Å². The van der Waals surface area contributed by atoms with E-state index in [0.29, 0.717) is 0 Å². The summed E-state index contributed by atoms with van der Waals surface area (Å²) in [7, 11) is 0. The largest absolute Gasteiger partial charge is 0.388 e. The molecule has 0 saturated heterocycles. The standard InChI is InChI=1S/C16H25NO/c1-10-9-11(2)13(4)16(12(10)3)15(18)7-8-17-14-5-6-14/h9,14-15,17-18H,5-8H2,1-4H3. The molecule has 0 radical (unpaired) electrons. The van der Waals surface area contributed by atoms with Crippen molar-refractivity contribution in [2.75, 3.05) is 6.54 Å². The van der Waals surface area contributed by atoms with Crippen LogP contribution in [-0.2, 0) is 0 Å². The number of aryl methyl sites for hydroxylation is 2. The summed E-state index contributed by atoms with van der Waals surface area (Å²) in [5.41, 5.74) is 6.20. The molecule has 2 N–H and O–H groups in total. The van der Waals surface area contributed by atoms with Gasteiger partial charge in [0.05, 0.1) is 6.10 Å². The van der Waals surface area contributed by atoms with Crippen LogP contribution < -0.4 is 5.32 Å². The molecule has 0 aliphatic heterocycles. The molecule has 18 heavy (non-hydrogen) atoms. The van der Waals surface area contributed by atoms with Crippen LogP contribution in [0.4, 0.5) is 0 Å². The Morgan fingerprint density at radius 1 is 1.17 bits per heavy atom. The van der Waals surface area contributed by atoms with Crippen molar-refractivity contribution in [1.82, 2.24) is 5.32 Å². The molecule has 0 spiro atoms. The fourth-order valence-corrected chi connectivity index (χ4v) is 2.60. The zero-order chi connectivity index (χ0) is 13.3. The van der Waals surface area contributed by atoms with Crippen molar-refractivity contribution in [3.05, 3.63) is 33.9 Å². The summed E-state index contributed by atoms with van der Waals surface area (Å²) in [4.78, 5) is 0. The first-order valence-electron chi connectivity index (χ1n) is 6.99. The van der Waals surface area contributed by atoms with Crippen molar-refractivity contribution >= 4 is 0 Å². The molecule has 1 aromatic rings. The molecular formula is C16H25NO. The molecule has 0 amide bonds. The van der Waals surface area contributed by atoms with E-state index in [1.54, 1.807) is 0 Å². The minimum absolute atomic E-state index is 0.338. The van der Waals surface area contributed by atoms with Gasteiger partial charge in [-0.05, 0) is 81.3 Å². The normalized spacial score (nSPS) is 16.9. The zero-order valence-corrected chi connectivity index (χ0v) is 12.0. The molecule has 100 valence electrons. The summed E-state index contributed by atoms with van der Waals surface area (Å²) >= 11 is 0. The van der Waals surface area contributed by atoms with Gasteiger partial charge in [-0.1, -0.05) is 6.07 Å². The first-order chi connectivity index (χ1) is 8.50. The van der Waals surface area contributed by atoms with Gasteiger partial charge in [-0.25, -0.2) is 0 Å². The van der Waals surface area contributed by atoms with E-state index in [0.717, 1.165) is 24.6 Å². The summed E-state index contributed by atoms with van der Waals surface area (Å²) in [5, 5.41) is 13.9. The smallest absolute Gasteiger partial charge is 0.0807 e. The van der Waals surface area contributed by atoms with E-state index < -0.39 is 0 Å². The number of aliphatic hydroxyl groups excluding tert-OH is 1. The number of rotatable bonds is 5. The fourth-order valence-electron chi connectivity index (χ4n) is 2.60. The van der Waals surface area contributed by atoms with Crippen LogP contribution in [0.25, 0.3) is 0 Å². The Bertz CT molecular complexity index is 409. The van der Waals surface area contributed by atoms with Crippen LogP contribution in [0.1, 0.15) is 53.2 Å². The molecule has 2 rings (SSSR count). The third-order valence-electron chi connectivity index (χ3n) is 4.19. The summed E-state index contributed by atoms with van der Waals surface area (Å²) in [6, 6.07) is 2.93. The molecule has 1 atom stereocenters. The molecular weight excluding hydrogens is 222 g/mol. The van der Waals surface area contributed by atoms with E-state index in [4.69, 9.17) is 0 Å². The van der Waals surface area contributed by atoms with Crippen LogP contribution in [-0.4, -0.2) is 17.7 Å². The maximum atomic E-state index is 10.4. The highest BCUT2D eigenvalue weighted by molar-refractivity contribution is 5.45. The molecule has 1 fully saturated rings. The summed E-state index contributed by atoms with van der Waals surface area (Å²) in [5.74, 6) is 0. The van der Waals surface area contributed by atoms with Crippen molar-refractivity contribution in [1.29, 1.82) is 0 Å². The number of hydrogen-bond donors (Lipinski definition) is 2. The SMILES string of the molecule is Cc1cc(C)c(C)c(C(O)CCNC2CC2)c1C. The second-order valence-electron chi connectivity index (χ2n) is 5.71. The molecule has 1 aliphatic carbocycles. The Labute approximate surface area is 110 Å². The molecule has 1 aliphatic rings. The minimum atomic E-state index is -0.338. The van der Waals surface area contributed by atoms with E-state index in [2.05, 4.69) is 39.1 Å². The van der Waals surface area contributed by atoms with Crippen LogP contribution >= 0.6 is 0 Å². The number of aliphatic hydroxyl groups is 1. The Morgan fingerprint density at radius 3 is 2.22 bits per heavy atom. The lowest BCUT2D eigenvalue weighted by atomic mass is 9.90. The Morgan fingerprint density at radius 2 is 1.72 bits per heavy atom. The highest BCUT2D eigenvalue weighted by Gasteiger charge is 2.21. The van der Waals surface area contributed by atoms with Crippen molar-refractivity contribution in [3.63, 3.8) is 0 Å². The predicted octanol–water partition coefficient (Wildman–Crippen LogP) is 3.10. The lowest BCUT2D eigenvalue weighted by Crippen LogP contribution is -2.20. The molecule has 0 heterocycles. The van der Waals surface area contributed by atoms with Gasteiger partial charge in [-0.3, -0.25) is 0 Å². The number of hydrogen-bond acceptors (Lipinski definition) is 2. The van der Waals surface area contributed by atoms with Gasteiger partial charge in [0, 0.05) is 6.04 Å². The third kappa shape index (κ3) is 2.93. The van der Waals surface area contributed by atoms with E-state index in [9.17, 15) is 5.11 Å². The van der Waals surface area contributed by atoms with Crippen LogP contribution in [0.5, 0.6) is 0 Å². The number of nitrogens with one attached hydrogen (secondary N) is 1. The average Bonchev–Trinajstić information content (AvgIpc) is 3.11. The first kappa shape index (κ1) is 13.6. The molecule has 2 heteroatoms. The van der Waals surface area contributed by atoms with Crippen molar-refractivity contribution in [3.8, 4) is 0 Å². The summed E-state index contributed by atoms with van der Waals surface area (Å²) < 4.78 is 0. The Balaban J connectivity index is 2.09. The molecule has 1 aromatic carbocycles. The Kier molecular flexibility index (Phi) is 4.08. The maximum absolute atomic E-state index is 10.4. The van der Waals surface area contributed by atoms with Crippen LogP contribution in [0, 0.1) is 27.7 Å². The van der Waals surface area contributed by atoms with Crippen molar-refractivity contribution in [2.24, 2.45) is 0 Å². The van der Waals surface area contributed by atoms with E-state index >= 15 is 0 Å². The van der Waals surface area contributed by atoms with Crippen molar-refractivity contribution < 1.29 is 5.11 Å². The molecule has 0 bridgehead atoms. The van der Waals surface area contributed by atoms with Gasteiger partial charge in [-0.2, -0.15) is 0 Å². The average molecular weight is 247 g/mol. The lowest BCUT2D eigenvalue weighted by molar-refractivity contribution is 0.165. The fraction of sp³-hybridized carbons (Fsp3) is 0.625. The Hall–Kier alpha value is -0.860. The van der Waals surface area contributed by atoms with E-state index in [1.807, 2.05) is 0 Å². The zero-order valence-electron chi connectivity index (χ0n) is 12.0. The highest BCUT2D eigenvalue weighted by atomic mass is 16.3. The second-order valence-corrected chi connectivity index (χ2v) is 5.71. The van der Waals surface area contributed by atoms with Gasteiger partial charge in [-0.15, -0.1) is 0 Å². The van der Waals surface area contributed by atoms with Crippen LogP contribution in [0.2, 0.25) is 0 Å². The maximum Gasteiger partial charge on any atom is 0.0807 e. The van der Waals surface area contributed by atoms with Gasteiger partial charge >= 0.3 is 0 Å². The number of benzene rings is 1. The molecule has 0 aromatic heterocycles. The third-order valence-corrected chi connectivity index (χ3v) is 4.19. The van der Waals surface area contributed by atoms with Gasteiger partial charge in [0.2, 0.25) is 0 Å². The highest BCUT2D eigenvalue weighted by Crippen LogP contribution is 2.29. The van der Waals surface area contributed by atoms with Crippen LogP contribution in [0.3, 0.4) is 0 Å².